The molecule has 0 saturated carbocycles. The van der Waals surface area contributed by atoms with E-state index in [1.165, 1.54) is 6.20 Å². The highest BCUT2D eigenvalue weighted by atomic mass is 16.5. The van der Waals surface area contributed by atoms with Crippen molar-refractivity contribution in [3.05, 3.63) is 71.1 Å². The molecule has 2 aromatic carbocycles. The van der Waals surface area contributed by atoms with Crippen LogP contribution in [0.3, 0.4) is 0 Å². The SMILES string of the molecule is O=C1COc2ccccc2N1CCCNc1nc2c(cnn2-c2ccccc2)c(=O)[nH]1. The molecule has 0 spiro atoms. The maximum Gasteiger partial charge on any atom is 0.265 e. The smallest absolute Gasteiger partial charge is 0.265 e. The van der Waals surface area contributed by atoms with Crippen LogP contribution >= 0.6 is 0 Å². The minimum Gasteiger partial charge on any atom is -0.482 e. The van der Waals surface area contributed by atoms with Crippen molar-refractivity contribution in [1.82, 2.24) is 19.7 Å². The number of amides is 1. The monoisotopic (exact) mass is 416 g/mol. The summed E-state index contributed by atoms with van der Waals surface area (Å²) in [6, 6.07) is 17.0. The molecule has 1 aliphatic rings. The normalized spacial score (nSPS) is 13.2. The molecular weight excluding hydrogens is 396 g/mol. The van der Waals surface area contributed by atoms with Crippen LogP contribution in [0.5, 0.6) is 5.75 Å². The quantitative estimate of drug-likeness (QED) is 0.468. The van der Waals surface area contributed by atoms with Gasteiger partial charge in [0.15, 0.2) is 12.3 Å². The Hall–Kier alpha value is -4.14. The number of fused-ring (bicyclic) bond motifs is 2. The molecule has 31 heavy (non-hydrogen) atoms. The van der Waals surface area contributed by atoms with Crippen molar-refractivity contribution < 1.29 is 9.53 Å². The first-order valence-corrected chi connectivity index (χ1v) is 10.0. The summed E-state index contributed by atoms with van der Waals surface area (Å²) in [7, 11) is 0. The number of carbonyl (C=O) groups is 1. The number of nitrogens with zero attached hydrogens (tertiary/aromatic N) is 4. The predicted octanol–water partition coefficient (Wildman–Crippen LogP) is 2.34. The van der Waals surface area contributed by atoms with E-state index in [0.29, 0.717) is 42.2 Å². The van der Waals surface area contributed by atoms with E-state index in [9.17, 15) is 9.59 Å². The summed E-state index contributed by atoms with van der Waals surface area (Å²) in [5.41, 5.74) is 1.83. The van der Waals surface area contributed by atoms with Crippen molar-refractivity contribution in [3.8, 4) is 11.4 Å². The van der Waals surface area contributed by atoms with Crippen molar-refractivity contribution >= 4 is 28.6 Å². The third-order valence-electron chi connectivity index (χ3n) is 5.10. The number of rotatable bonds is 6. The lowest BCUT2D eigenvalue weighted by Crippen LogP contribution is -2.39. The van der Waals surface area contributed by atoms with Gasteiger partial charge in [-0.1, -0.05) is 30.3 Å². The number of hydrogen-bond acceptors (Lipinski definition) is 6. The summed E-state index contributed by atoms with van der Waals surface area (Å²) in [5.74, 6) is 1.00. The number of nitrogens with one attached hydrogen (secondary N) is 2. The second-order valence-corrected chi connectivity index (χ2v) is 7.13. The van der Waals surface area contributed by atoms with Gasteiger partial charge in [-0.2, -0.15) is 10.1 Å². The number of ether oxygens (including phenoxy) is 1. The van der Waals surface area contributed by atoms with Gasteiger partial charge in [-0.05, 0) is 30.7 Å². The Morgan fingerprint density at radius 1 is 1.06 bits per heavy atom. The van der Waals surface area contributed by atoms with E-state index in [2.05, 4.69) is 20.4 Å². The van der Waals surface area contributed by atoms with Gasteiger partial charge in [0.25, 0.3) is 11.5 Å². The topological polar surface area (TPSA) is 105 Å². The largest absolute Gasteiger partial charge is 0.482 e. The maximum absolute atomic E-state index is 12.4. The zero-order valence-electron chi connectivity index (χ0n) is 16.6. The van der Waals surface area contributed by atoms with Gasteiger partial charge in [-0.25, -0.2) is 4.68 Å². The summed E-state index contributed by atoms with van der Waals surface area (Å²) >= 11 is 0. The fourth-order valence-electron chi connectivity index (χ4n) is 3.60. The average molecular weight is 416 g/mol. The molecule has 9 nitrogen and oxygen atoms in total. The number of benzene rings is 2. The van der Waals surface area contributed by atoms with Gasteiger partial charge in [0, 0.05) is 13.1 Å². The molecule has 0 aliphatic carbocycles. The van der Waals surface area contributed by atoms with E-state index in [0.717, 1.165) is 11.4 Å². The lowest BCUT2D eigenvalue weighted by molar-refractivity contribution is -0.121. The third-order valence-corrected chi connectivity index (χ3v) is 5.10. The number of H-pyrrole nitrogens is 1. The van der Waals surface area contributed by atoms with E-state index < -0.39 is 0 Å². The molecule has 0 bridgehead atoms. The molecule has 156 valence electrons. The van der Waals surface area contributed by atoms with Gasteiger partial charge in [0.05, 0.1) is 17.6 Å². The van der Waals surface area contributed by atoms with E-state index >= 15 is 0 Å². The summed E-state index contributed by atoms with van der Waals surface area (Å²) in [6.07, 6.45) is 2.18. The van der Waals surface area contributed by atoms with Crippen LogP contribution in [-0.2, 0) is 4.79 Å². The first kappa shape index (κ1) is 18.9. The Morgan fingerprint density at radius 2 is 1.87 bits per heavy atom. The van der Waals surface area contributed by atoms with E-state index in [1.54, 1.807) is 9.58 Å². The molecule has 9 heteroatoms. The van der Waals surface area contributed by atoms with Crippen LogP contribution in [0.4, 0.5) is 11.6 Å². The number of anilines is 2. The highest BCUT2D eigenvalue weighted by Crippen LogP contribution is 2.31. The molecule has 1 amide bonds. The Bertz CT molecular complexity index is 1300. The number of aromatic amines is 1. The van der Waals surface area contributed by atoms with Crippen LogP contribution < -0.4 is 20.5 Å². The first-order valence-electron chi connectivity index (χ1n) is 10.0. The molecule has 0 unspecified atom stereocenters. The second-order valence-electron chi connectivity index (χ2n) is 7.13. The summed E-state index contributed by atoms with van der Waals surface area (Å²) in [5, 5.41) is 7.87. The summed E-state index contributed by atoms with van der Waals surface area (Å²) in [4.78, 5) is 33.7. The van der Waals surface area contributed by atoms with Crippen LogP contribution in [0, 0.1) is 0 Å². The van der Waals surface area contributed by atoms with Crippen LogP contribution in [0.15, 0.2) is 65.6 Å². The van der Waals surface area contributed by atoms with Crippen molar-refractivity contribution in [1.29, 1.82) is 0 Å². The van der Waals surface area contributed by atoms with E-state index in [-0.39, 0.29) is 18.1 Å². The average Bonchev–Trinajstić information content (AvgIpc) is 3.23. The van der Waals surface area contributed by atoms with Crippen molar-refractivity contribution in [2.24, 2.45) is 0 Å². The van der Waals surface area contributed by atoms with Crippen molar-refractivity contribution in [2.75, 3.05) is 29.9 Å². The first-order chi connectivity index (χ1) is 15.2. The van der Waals surface area contributed by atoms with Gasteiger partial charge in [0.2, 0.25) is 5.95 Å². The van der Waals surface area contributed by atoms with Gasteiger partial charge in [-0.15, -0.1) is 0 Å². The predicted molar refractivity (Wildman–Crippen MR) is 117 cm³/mol. The number of aromatic nitrogens is 4. The fraction of sp³-hybridized carbons (Fsp3) is 0.182. The molecule has 3 heterocycles. The standard InChI is InChI=1S/C22H20N6O3/c29-19-14-31-18-10-5-4-9-17(18)27(19)12-6-11-23-22-25-20-16(21(30)26-22)13-24-28(20)15-7-2-1-3-8-15/h1-5,7-10,13H,6,11-12,14H2,(H2,23,25,26,30). The Morgan fingerprint density at radius 3 is 2.74 bits per heavy atom. The van der Waals surface area contributed by atoms with Crippen LogP contribution in [0.2, 0.25) is 0 Å². The number of hydrogen-bond donors (Lipinski definition) is 2. The molecule has 0 fully saturated rings. The Kier molecular flexibility index (Phi) is 4.83. The molecule has 0 atom stereocenters. The number of carbonyl (C=O) groups excluding carboxylic acids is 1. The van der Waals surface area contributed by atoms with Gasteiger partial charge >= 0.3 is 0 Å². The molecule has 2 N–H and O–H groups in total. The summed E-state index contributed by atoms with van der Waals surface area (Å²) in [6.45, 7) is 1.10. The molecule has 2 aromatic heterocycles. The molecule has 0 radical (unpaired) electrons. The van der Waals surface area contributed by atoms with Crippen molar-refractivity contribution in [2.45, 2.75) is 6.42 Å². The third kappa shape index (κ3) is 3.61. The lowest BCUT2D eigenvalue weighted by atomic mass is 10.2. The highest BCUT2D eigenvalue weighted by molar-refractivity contribution is 5.97. The highest BCUT2D eigenvalue weighted by Gasteiger charge is 2.24. The van der Waals surface area contributed by atoms with Crippen LogP contribution in [-0.4, -0.2) is 45.4 Å². The van der Waals surface area contributed by atoms with Gasteiger partial charge < -0.3 is 15.0 Å². The van der Waals surface area contributed by atoms with Gasteiger partial charge in [0.1, 0.15) is 11.1 Å². The van der Waals surface area contributed by atoms with Crippen LogP contribution in [0.25, 0.3) is 16.7 Å². The Balaban J connectivity index is 1.30. The molecule has 5 rings (SSSR count). The Labute approximate surface area is 177 Å². The lowest BCUT2D eigenvalue weighted by Gasteiger charge is -2.29. The second kappa shape index (κ2) is 7.94. The molecule has 0 saturated heterocycles. The molecule has 1 aliphatic heterocycles. The van der Waals surface area contributed by atoms with Gasteiger partial charge in [-0.3, -0.25) is 14.6 Å². The van der Waals surface area contributed by atoms with E-state index in [4.69, 9.17) is 4.74 Å². The van der Waals surface area contributed by atoms with Crippen molar-refractivity contribution in [3.63, 3.8) is 0 Å². The zero-order chi connectivity index (χ0) is 21.2. The van der Waals surface area contributed by atoms with Crippen LogP contribution in [0.1, 0.15) is 6.42 Å². The molecular formula is C22H20N6O3. The fourth-order valence-corrected chi connectivity index (χ4v) is 3.60. The maximum atomic E-state index is 12.4. The molecule has 4 aromatic rings. The van der Waals surface area contributed by atoms with E-state index in [1.807, 2.05) is 54.6 Å². The minimum atomic E-state index is -0.257. The zero-order valence-corrected chi connectivity index (χ0v) is 16.6. The number of para-hydroxylation sites is 3. The minimum absolute atomic E-state index is 0.0411. The summed E-state index contributed by atoms with van der Waals surface area (Å²) < 4.78 is 7.11.